The van der Waals surface area contributed by atoms with Gasteiger partial charge in [0.1, 0.15) is 0 Å². The van der Waals surface area contributed by atoms with Crippen LogP contribution in [0.1, 0.15) is 25.0 Å². The van der Waals surface area contributed by atoms with Crippen LogP contribution < -0.4 is 9.64 Å². The molecular weight excluding hydrogens is 430 g/mol. The molecule has 3 fully saturated rings. The molecule has 3 saturated heterocycles. The van der Waals surface area contributed by atoms with Crippen molar-refractivity contribution < 1.29 is 14.4 Å². The molecule has 0 bridgehead atoms. The highest BCUT2D eigenvalue weighted by molar-refractivity contribution is 5.88. The summed E-state index contributed by atoms with van der Waals surface area (Å²) in [7, 11) is 0. The number of pyridine rings is 1. The Morgan fingerprint density at radius 2 is 1.91 bits per heavy atom. The smallest absolute Gasteiger partial charge is 0.213 e. The van der Waals surface area contributed by atoms with Crippen LogP contribution in [-0.2, 0) is 6.54 Å². The van der Waals surface area contributed by atoms with E-state index in [1.807, 2.05) is 36.4 Å². The van der Waals surface area contributed by atoms with Gasteiger partial charge in [0.15, 0.2) is 11.4 Å². The number of piperazine rings is 1. The normalized spacial score (nSPS) is 26.1. The third-order valence-corrected chi connectivity index (χ3v) is 7.54. The molecule has 1 aromatic carbocycles. The molecule has 0 aliphatic carbocycles. The maximum atomic E-state index is 9.75. The number of likely N-dealkylation sites (tertiary alicyclic amines) is 1. The van der Waals surface area contributed by atoms with E-state index in [0.717, 1.165) is 74.7 Å². The van der Waals surface area contributed by atoms with Gasteiger partial charge in [0.2, 0.25) is 5.88 Å². The average molecular weight is 464 g/mol. The minimum Gasteiger partial charge on any atom is -0.477 e. The molecule has 180 valence electrons. The van der Waals surface area contributed by atoms with E-state index in [1.54, 1.807) is 0 Å². The largest absolute Gasteiger partial charge is 0.477 e. The molecule has 34 heavy (non-hydrogen) atoms. The molecule has 0 radical (unpaired) electrons. The SMILES string of the molecule is OC1CCN(Cc2cccc(OC[C@@H]3CC[C@H]4CN(c5noc6ccccc56)CCN4C3)n2)C1. The van der Waals surface area contributed by atoms with Crippen molar-refractivity contribution in [3.8, 4) is 5.88 Å². The van der Waals surface area contributed by atoms with Crippen LogP contribution in [0, 0.1) is 5.92 Å². The van der Waals surface area contributed by atoms with Crippen molar-refractivity contribution in [2.24, 2.45) is 5.92 Å². The molecule has 0 amide bonds. The molecule has 2 aromatic heterocycles. The highest BCUT2D eigenvalue weighted by atomic mass is 16.5. The Balaban J connectivity index is 1.01. The van der Waals surface area contributed by atoms with Crippen molar-refractivity contribution in [2.75, 3.05) is 50.8 Å². The van der Waals surface area contributed by atoms with Gasteiger partial charge in [-0.05, 0) is 37.5 Å². The van der Waals surface area contributed by atoms with Gasteiger partial charge in [-0.25, -0.2) is 4.98 Å². The lowest BCUT2D eigenvalue weighted by Crippen LogP contribution is -2.57. The third-order valence-electron chi connectivity index (χ3n) is 7.54. The Hall–Kier alpha value is -2.68. The van der Waals surface area contributed by atoms with Gasteiger partial charge in [-0.1, -0.05) is 23.4 Å². The fourth-order valence-electron chi connectivity index (χ4n) is 5.70. The predicted octanol–water partition coefficient (Wildman–Crippen LogP) is 2.77. The minimum atomic E-state index is -0.202. The lowest BCUT2D eigenvalue weighted by atomic mass is 9.91. The van der Waals surface area contributed by atoms with Gasteiger partial charge in [0, 0.05) is 63.8 Å². The number of benzene rings is 1. The first-order valence-electron chi connectivity index (χ1n) is 12.5. The van der Waals surface area contributed by atoms with Crippen LogP contribution in [0.5, 0.6) is 5.88 Å². The Bertz CT molecular complexity index is 1120. The number of aromatic nitrogens is 2. The Kier molecular flexibility index (Phi) is 6.11. The fourth-order valence-corrected chi connectivity index (χ4v) is 5.70. The van der Waals surface area contributed by atoms with Crippen LogP contribution >= 0.6 is 0 Å². The van der Waals surface area contributed by atoms with Gasteiger partial charge >= 0.3 is 0 Å². The number of fused-ring (bicyclic) bond motifs is 2. The summed E-state index contributed by atoms with van der Waals surface area (Å²) in [6, 6.07) is 14.7. The van der Waals surface area contributed by atoms with E-state index < -0.39 is 0 Å². The van der Waals surface area contributed by atoms with Gasteiger partial charge in [-0.15, -0.1) is 0 Å². The van der Waals surface area contributed by atoms with Crippen molar-refractivity contribution in [2.45, 2.75) is 38.0 Å². The Morgan fingerprint density at radius 3 is 2.82 bits per heavy atom. The van der Waals surface area contributed by atoms with Crippen molar-refractivity contribution in [1.82, 2.24) is 19.9 Å². The van der Waals surface area contributed by atoms with Gasteiger partial charge in [-0.3, -0.25) is 9.80 Å². The third kappa shape index (κ3) is 4.62. The summed E-state index contributed by atoms with van der Waals surface area (Å²) in [5.41, 5.74) is 1.86. The molecule has 6 rings (SSSR count). The number of nitrogens with zero attached hydrogens (tertiary/aromatic N) is 5. The lowest BCUT2D eigenvalue weighted by molar-refractivity contribution is 0.0716. The second kappa shape index (κ2) is 9.52. The van der Waals surface area contributed by atoms with Crippen LogP contribution in [0.4, 0.5) is 5.82 Å². The van der Waals surface area contributed by atoms with Crippen molar-refractivity contribution in [3.63, 3.8) is 0 Å². The van der Waals surface area contributed by atoms with E-state index >= 15 is 0 Å². The summed E-state index contributed by atoms with van der Waals surface area (Å²) < 4.78 is 11.7. The zero-order valence-electron chi connectivity index (χ0n) is 19.6. The minimum absolute atomic E-state index is 0.202. The first-order valence-corrected chi connectivity index (χ1v) is 12.5. The molecule has 3 aliphatic heterocycles. The summed E-state index contributed by atoms with van der Waals surface area (Å²) in [6.45, 7) is 7.22. The molecule has 1 N–H and O–H groups in total. The molecule has 8 heteroatoms. The van der Waals surface area contributed by atoms with Crippen molar-refractivity contribution in [1.29, 1.82) is 0 Å². The van der Waals surface area contributed by atoms with Crippen LogP contribution in [0.2, 0.25) is 0 Å². The Labute approximate surface area is 200 Å². The number of ether oxygens (including phenoxy) is 1. The molecular formula is C26H33N5O3. The highest BCUT2D eigenvalue weighted by Gasteiger charge is 2.34. The Morgan fingerprint density at radius 1 is 0.971 bits per heavy atom. The van der Waals surface area contributed by atoms with E-state index in [4.69, 9.17) is 14.2 Å². The molecule has 8 nitrogen and oxygen atoms in total. The lowest BCUT2D eigenvalue weighted by Gasteiger charge is -2.46. The number of hydrogen-bond acceptors (Lipinski definition) is 8. The average Bonchev–Trinajstić information content (AvgIpc) is 3.48. The number of aliphatic hydroxyl groups is 1. The molecule has 3 aliphatic rings. The van der Waals surface area contributed by atoms with E-state index in [2.05, 4.69) is 25.9 Å². The quantitative estimate of drug-likeness (QED) is 0.598. The maximum absolute atomic E-state index is 9.75. The zero-order chi connectivity index (χ0) is 22.9. The van der Waals surface area contributed by atoms with Crippen molar-refractivity contribution in [3.05, 3.63) is 48.2 Å². The van der Waals surface area contributed by atoms with Gasteiger partial charge < -0.3 is 19.3 Å². The number of rotatable bonds is 6. The van der Waals surface area contributed by atoms with Crippen LogP contribution in [-0.4, -0.2) is 83.1 Å². The summed E-state index contributed by atoms with van der Waals surface area (Å²) in [6.07, 6.45) is 2.99. The van der Waals surface area contributed by atoms with E-state index in [9.17, 15) is 5.11 Å². The second-order valence-corrected chi connectivity index (χ2v) is 10.00. The van der Waals surface area contributed by atoms with Gasteiger partial charge in [-0.2, -0.15) is 0 Å². The standard InChI is InChI=1S/C26H33N5O3/c32-22-10-11-29(17-22)15-20-4-3-7-25(27-20)33-18-19-8-9-21-16-31(13-12-30(21)14-19)26-23-5-1-2-6-24(23)34-28-26/h1-7,19,21-22,32H,8-18H2/t19-,21+,22?/m1/s1. The first kappa shape index (κ1) is 21.8. The zero-order valence-corrected chi connectivity index (χ0v) is 19.6. The number of aliphatic hydroxyl groups excluding tert-OH is 1. The number of β-amino-alcohol motifs (C(OH)–C–C–N with tert-alkyl or cyclic N) is 1. The van der Waals surface area contributed by atoms with Gasteiger partial charge in [0.25, 0.3) is 0 Å². The monoisotopic (exact) mass is 463 g/mol. The molecule has 5 heterocycles. The number of piperidine rings is 1. The maximum Gasteiger partial charge on any atom is 0.213 e. The van der Waals surface area contributed by atoms with E-state index in [1.165, 1.54) is 12.8 Å². The summed E-state index contributed by atoms with van der Waals surface area (Å²) in [5, 5.41) is 15.2. The number of anilines is 1. The molecule has 1 unspecified atom stereocenters. The number of para-hydroxylation sites is 1. The number of hydrogen-bond donors (Lipinski definition) is 1. The molecule has 0 spiro atoms. The van der Waals surface area contributed by atoms with E-state index in [-0.39, 0.29) is 6.10 Å². The first-order chi connectivity index (χ1) is 16.7. The predicted molar refractivity (Wildman–Crippen MR) is 130 cm³/mol. The fraction of sp³-hybridized carbons (Fsp3) is 0.538. The van der Waals surface area contributed by atoms with Crippen LogP contribution in [0.15, 0.2) is 47.0 Å². The highest BCUT2D eigenvalue weighted by Crippen LogP contribution is 2.31. The molecule has 0 saturated carbocycles. The molecule has 3 atom stereocenters. The summed E-state index contributed by atoms with van der Waals surface area (Å²) in [4.78, 5) is 12.0. The van der Waals surface area contributed by atoms with E-state index in [0.29, 0.717) is 24.4 Å². The molecule has 3 aromatic rings. The van der Waals surface area contributed by atoms with Crippen LogP contribution in [0.3, 0.4) is 0 Å². The van der Waals surface area contributed by atoms with Crippen LogP contribution in [0.25, 0.3) is 11.0 Å². The van der Waals surface area contributed by atoms with Crippen molar-refractivity contribution >= 4 is 16.8 Å². The second-order valence-electron chi connectivity index (χ2n) is 10.00. The summed E-state index contributed by atoms with van der Waals surface area (Å²) in [5.74, 6) is 2.21. The van der Waals surface area contributed by atoms with Gasteiger partial charge in [0.05, 0.1) is 23.8 Å². The summed E-state index contributed by atoms with van der Waals surface area (Å²) >= 11 is 0. The topological polar surface area (TPSA) is 78.1 Å².